The van der Waals surface area contributed by atoms with Gasteiger partial charge in [0.25, 0.3) is 5.91 Å². The number of amides is 1. The van der Waals surface area contributed by atoms with Crippen molar-refractivity contribution in [2.75, 3.05) is 13.1 Å². The van der Waals surface area contributed by atoms with Gasteiger partial charge in [-0.05, 0) is 24.5 Å². The van der Waals surface area contributed by atoms with E-state index in [4.69, 9.17) is 17.3 Å². The van der Waals surface area contributed by atoms with Crippen LogP contribution in [0, 0.1) is 17.6 Å². The summed E-state index contributed by atoms with van der Waals surface area (Å²) >= 11 is 5.46. The van der Waals surface area contributed by atoms with E-state index in [2.05, 4.69) is 0 Å². The summed E-state index contributed by atoms with van der Waals surface area (Å²) in [5.74, 6) is -1.99. The number of piperidine rings is 1. The van der Waals surface area contributed by atoms with E-state index in [-0.39, 0.29) is 22.5 Å². The van der Waals surface area contributed by atoms with Gasteiger partial charge in [-0.3, -0.25) is 4.79 Å². The molecule has 1 heterocycles. The van der Waals surface area contributed by atoms with Gasteiger partial charge in [-0.1, -0.05) is 18.5 Å². The lowest BCUT2D eigenvalue weighted by Gasteiger charge is -2.35. The minimum atomic E-state index is -0.807. The van der Waals surface area contributed by atoms with E-state index in [1.165, 1.54) is 4.90 Å². The Morgan fingerprint density at radius 2 is 2.11 bits per heavy atom. The number of hydrogen-bond donors (Lipinski definition) is 1. The van der Waals surface area contributed by atoms with Crippen LogP contribution < -0.4 is 5.73 Å². The third-order valence-electron chi connectivity index (χ3n) is 3.50. The van der Waals surface area contributed by atoms with Gasteiger partial charge in [0.1, 0.15) is 11.6 Å². The van der Waals surface area contributed by atoms with Crippen LogP contribution in [0.25, 0.3) is 0 Å². The number of benzene rings is 1. The van der Waals surface area contributed by atoms with E-state index in [9.17, 15) is 13.6 Å². The Hall–Kier alpha value is -1.20. The minimum absolute atomic E-state index is 0.0378. The van der Waals surface area contributed by atoms with Gasteiger partial charge in [0, 0.05) is 19.1 Å². The molecule has 0 aromatic heterocycles. The van der Waals surface area contributed by atoms with Crippen molar-refractivity contribution in [1.82, 2.24) is 4.90 Å². The Morgan fingerprint density at radius 1 is 1.42 bits per heavy atom. The quantitative estimate of drug-likeness (QED) is 0.807. The zero-order valence-electron chi connectivity index (χ0n) is 10.5. The normalized spacial score (nSPS) is 23.5. The van der Waals surface area contributed by atoms with Crippen molar-refractivity contribution >= 4 is 17.5 Å². The molecule has 0 aliphatic carbocycles. The molecular formula is C13H15ClF2N2O. The number of likely N-dealkylation sites (tertiary alicyclic amines) is 1. The summed E-state index contributed by atoms with van der Waals surface area (Å²) in [7, 11) is 0. The van der Waals surface area contributed by atoms with Crippen LogP contribution in [0.15, 0.2) is 12.1 Å². The van der Waals surface area contributed by atoms with E-state index < -0.39 is 17.5 Å². The van der Waals surface area contributed by atoms with Crippen LogP contribution in [0.4, 0.5) is 8.78 Å². The van der Waals surface area contributed by atoms with Crippen LogP contribution >= 0.6 is 11.6 Å². The fraction of sp³-hybridized carbons (Fsp3) is 0.462. The summed E-state index contributed by atoms with van der Waals surface area (Å²) in [5, 5.41) is -0.330. The van der Waals surface area contributed by atoms with Gasteiger partial charge in [-0.25, -0.2) is 8.78 Å². The number of carbonyl (C=O) groups is 1. The van der Waals surface area contributed by atoms with Crippen molar-refractivity contribution in [1.29, 1.82) is 0 Å². The van der Waals surface area contributed by atoms with Crippen LogP contribution in [0.5, 0.6) is 0 Å². The third-order valence-corrected chi connectivity index (χ3v) is 3.79. The Balaban J connectivity index is 2.23. The highest BCUT2D eigenvalue weighted by molar-refractivity contribution is 6.30. The lowest BCUT2D eigenvalue weighted by atomic mass is 9.94. The molecule has 104 valence electrons. The molecule has 2 N–H and O–H groups in total. The second-order valence-electron chi connectivity index (χ2n) is 4.93. The summed E-state index contributed by atoms with van der Waals surface area (Å²) in [6.45, 7) is 2.83. The first-order valence-corrected chi connectivity index (χ1v) is 6.47. The van der Waals surface area contributed by atoms with Crippen LogP contribution in [0.3, 0.4) is 0 Å². The molecule has 0 saturated carbocycles. The average Bonchev–Trinajstić information content (AvgIpc) is 2.36. The second-order valence-corrected chi connectivity index (χ2v) is 5.33. The Morgan fingerprint density at radius 3 is 2.74 bits per heavy atom. The van der Waals surface area contributed by atoms with E-state index in [0.29, 0.717) is 19.5 Å². The lowest BCUT2D eigenvalue weighted by Crippen LogP contribution is -2.48. The fourth-order valence-electron chi connectivity index (χ4n) is 2.20. The number of nitrogens with zero attached hydrogens (tertiary/aromatic N) is 1. The lowest BCUT2D eigenvalue weighted by molar-refractivity contribution is 0.0659. The SMILES string of the molecule is CC1CN(C(=O)c2cc(F)c(Cl)cc2F)CCC1N. The standard InChI is InChI=1S/C13H15ClF2N2O/c1-7-6-18(3-2-12(7)17)13(19)8-4-11(16)9(14)5-10(8)15/h4-5,7,12H,2-3,6,17H2,1H3. The highest BCUT2D eigenvalue weighted by Crippen LogP contribution is 2.23. The van der Waals surface area contributed by atoms with Gasteiger partial charge in [0.05, 0.1) is 10.6 Å². The molecule has 0 spiro atoms. The highest BCUT2D eigenvalue weighted by Gasteiger charge is 2.28. The number of hydrogen-bond acceptors (Lipinski definition) is 2. The molecule has 1 saturated heterocycles. The van der Waals surface area contributed by atoms with Crippen LogP contribution in [-0.2, 0) is 0 Å². The molecule has 3 nitrogen and oxygen atoms in total. The summed E-state index contributed by atoms with van der Waals surface area (Å²) in [4.78, 5) is 13.7. The van der Waals surface area contributed by atoms with Crippen molar-refractivity contribution in [2.24, 2.45) is 11.7 Å². The molecule has 1 aliphatic rings. The van der Waals surface area contributed by atoms with Crippen molar-refractivity contribution in [3.8, 4) is 0 Å². The zero-order valence-corrected chi connectivity index (χ0v) is 11.3. The van der Waals surface area contributed by atoms with Gasteiger partial charge < -0.3 is 10.6 Å². The highest BCUT2D eigenvalue weighted by atomic mass is 35.5. The average molecular weight is 289 g/mol. The first-order valence-electron chi connectivity index (χ1n) is 6.09. The molecule has 19 heavy (non-hydrogen) atoms. The Bertz CT molecular complexity index is 510. The third kappa shape index (κ3) is 2.87. The van der Waals surface area contributed by atoms with Gasteiger partial charge in [-0.15, -0.1) is 0 Å². The van der Waals surface area contributed by atoms with Crippen molar-refractivity contribution in [3.63, 3.8) is 0 Å². The minimum Gasteiger partial charge on any atom is -0.338 e. The molecule has 6 heteroatoms. The molecule has 1 amide bonds. The molecule has 0 radical (unpaired) electrons. The van der Waals surface area contributed by atoms with Gasteiger partial charge in [0.15, 0.2) is 0 Å². The number of carbonyl (C=O) groups excluding carboxylic acids is 1. The summed E-state index contributed by atoms with van der Waals surface area (Å²) in [6, 6.07) is 1.71. The van der Waals surface area contributed by atoms with Gasteiger partial charge in [-0.2, -0.15) is 0 Å². The first-order chi connectivity index (χ1) is 8.90. The molecule has 1 aliphatic heterocycles. The molecule has 1 aromatic rings. The maximum Gasteiger partial charge on any atom is 0.256 e. The predicted molar refractivity (Wildman–Crippen MR) is 69.0 cm³/mol. The predicted octanol–water partition coefficient (Wildman–Crippen LogP) is 2.43. The molecule has 2 atom stereocenters. The molecule has 2 rings (SSSR count). The van der Waals surface area contributed by atoms with Crippen molar-refractivity contribution in [3.05, 3.63) is 34.4 Å². The summed E-state index contributed by atoms with van der Waals surface area (Å²) < 4.78 is 27.0. The van der Waals surface area contributed by atoms with Crippen LogP contribution in [0.1, 0.15) is 23.7 Å². The largest absolute Gasteiger partial charge is 0.338 e. The smallest absolute Gasteiger partial charge is 0.256 e. The fourth-order valence-corrected chi connectivity index (χ4v) is 2.36. The first kappa shape index (κ1) is 14.2. The maximum absolute atomic E-state index is 13.7. The van der Waals surface area contributed by atoms with Gasteiger partial charge >= 0.3 is 0 Å². The topological polar surface area (TPSA) is 46.3 Å². The van der Waals surface area contributed by atoms with Crippen molar-refractivity contribution in [2.45, 2.75) is 19.4 Å². The van der Waals surface area contributed by atoms with E-state index in [1.807, 2.05) is 6.92 Å². The van der Waals surface area contributed by atoms with Crippen molar-refractivity contribution < 1.29 is 13.6 Å². The monoisotopic (exact) mass is 288 g/mol. The molecule has 2 unspecified atom stereocenters. The summed E-state index contributed by atoms with van der Waals surface area (Å²) in [5.41, 5.74) is 5.58. The van der Waals surface area contributed by atoms with Crippen LogP contribution in [-0.4, -0.2) is 29.9 Å². The summed E-state index contributed by atoms with van der Waals surface area (Å²) in [6.07, 6.45) is 0.657. The zero-order chi connectivity index (χ0) is 14.2. The van der Waals surface area contributed by atoms with E-state index in [1.54, 1.807) is 0 Å². The van der Waals surface area contributed by atoms with E-state index in [0.717, 1.165) is 12.1 Å². The van der Waals surface area contributed by atoms with E-state index >= 15 is 0 Å². The number of nitrogens with two attached hydrogens (primary N) is 1. The molecular weight excluding hydrogens is 274 g/mol. The molecule has 1 aromatic carbocycles. The number of halogens is 3. The molecule has 1 fully saturated rings. The van der Waals surface area contributed by atoms with Crippen LogP contribution in [0.2, 0.25) is 5.02 Å². The second kappa shape index (κ2) is 5.43. The Kier molecular flexibility index (Phi) is 4.06. The molecule has 0 bridgehead atoms. The Labute approximate surface area is 115 Å². The maximum atomic E-state index is 13.7. The van der Waals surface area contributed by atoms with Gasteiger partial charge in [0.2, 0.25) is 0 Å². The number of rotatable bonds is 1.